The van der Waals surface area contributed by atoms with Crippen LogP contribution in [0.1, 0.15) is 18.4 Å². The fraction of sp³-hybridized carbons (Fsp3) is 0.235. The number of nitrogens with two attached hydrogens (primary N) is 1. The summed E-state index contributed by atoms with van der Waals surface area (Å²) in [5.41, 5.74) is 8.07. The molecule has 0 aromatic heterocycles. The molecule has 122 valence electrons. The van der Waals surface area contributed by atoms with Crippen molar-refractivity contribution in [2.24, 2.45) is 0 Å². The van der Waals surface area contributed by atoms with Gasteiger partial charge in [0.25, 0.3) is 0 Å². The van der Waals surface area contributed by atoms with E-state index in [0.29, 0.717) is 40.9 Å². The lowest BCUT2D eigenvalue weighted by atomic mass is 10.1. The van der Waals surface area contributed by atoms with E-state index in [1.54, 1.807) is 24.3 Å². The van der Waals surface area contributed by atoms with Gasteiger partial charge < -0.3 is 15.8 Å². The van der Waals surface area contributed by atoms with Gasteiger partial charge in [-0.25, -0.2) is 0 Å². The molecule has 2 aromatic carbocycles. The molecule has 2 aromatic rings. The summed E-state index contributed by atoms with van der Waals surface area (Å²) < 4.78 is 5.54. The SMILES string of the molecule is Cc1c(N)cccc1NC(=O)CCCOc1ccc(Cl)cc1Cl. The minimum atomic E-state index is -0.0792. The molecule has 0 radical (unpaired) electrons. The van der Waals surface area contributed by atoms with Crippen LogP contribution in [0.25, 0.3) is 0 Å². The molecule has 0 fully saturated rings. The Bertz CT molecular complexity index is 705. The Labute approximate surface area is 145 Å². The zero-order chi connectivity index (χ0) is 16.8. The van der Waals surface area contributed by atoms with E-state index in [0.717, 1.165) is 11.3 Å². The lowest BCUT2D eigenvalue weighted by Crippen LogP contribution is -2.14. The second-order valence-electron chi connectivity index (χ2n) is 5.09. The molecular formula is C17H18Cl2N2O2. The topological polar surface area (TPSA) is 64.3 Å². The predicted molar refractivity (Wildman–Crippen MR) is 95.4 cm³/mol. The maximum atomic E-state index is 11.9. The fourth-order valence-corrected chi connectivity index (χ4v) is 2.47. The van der Waals surface area contributed by atoms with Crippen LogP contribution in [0, 0.1) is 6.92 Å². The van der Waals surface area contributed by atoms with Crippen molar-refractivity contribution >= 4 is 40.5 Å². The van der Waals surface area contributed by atoms with Gasteiger partial charge in [-0.1, -0.05) is 29.3 Å². The molecule has 0 aliphatic rings. The lowest BCUT2D eigenvalue weighted by molar-refractivity contribution is -0.116. The standard InChI is InChI=1S/C17H18Cl2N2O2/c1-11-14(20)4-2-5-15(11)21-17(22)6-3-9-23-16-8-7-12(18)10-13(16)19/h2,4-5,7-8,10H,3,6,9,20H2,1H3,(H,21,22). The average Bonchev–Trinajstić information content (AvgIpc) is 2.50. The van der Waals surface area contributed by atoms with Crippen LogP contribution in [0.5, 0.6) is 5.75 Å². The number of anilines is 2. The Morgan fingerprint density at radius 3 is 2.78 bits per heavy atom. The highest BCUT2D eigenvalue weighted by molar-refractivity contribution is 6.35. The van der Waals surface area contributed by atoms with Crippen LogP contribution in [0.15, 0.2) is 36.4 Å². The van der Waals surface area contributed by atoms with Crippen molar-refractivity contribution in [3.05, 3.63) is 52.0 Å². The second-order valence-corrected chi connectivity index (χ2v) is 5.94. The number of benzene rings is 2. The second kappa shape index (κ2) is 8.09. The van der Waals surface area contributed by atoms with Crippen LogP contribution in [0.3, 0.4) is 0 Å². The van der Waals surface area contributed by atoms with Crippen molar-refractivity contribution in [1.82, 2.24) is 0 Å². The summed E-state index contributed by atoms with van der Waals surface area (Å²) in [6, 6.07) is 10.5. The Morgan fingerprint density at radius 1 is 1.26 bits per heavy atom. The fourth-order valence-electron chi connectivity index (χ4n) is 2.01. The van der Waals surface area contributed by atoms with Crippen LogP contribution in [0.4, 0.5) is 11.4 Å². The smallest absolute Gasteiger partial charge is 0.224 e. The first kappa shape index (κ1) is 17.4. The van der Waals surface area contributed by atoms with Gasteiger partial charge in [-0.05, 0) is 49.2 Å². The van der Waals surface area contributed by atoms with E-state index in [4.69, 9.17) is 33.7 Å². The molecule has 23 heavy (non-hydrogen) atoms. The number of ether oxygens (including phenoxy) is 1. The number of carbonyl (C=O) groups is 1. The third kappa shape index (κ3) is 5.05. The van der Waals surface area contributed by atoms with Crippen LogP contribution in [-0.2, 0) is 4.79 Å². The molecule has 0 aliphatic heterocycles. The highest BCUT2D eigenvalue weighted by atomic mass is 35.5. The third-order valence-corrected chi connectivity index (χ3v) is 3.88. The number of hydrogen-bond acceptors (Lipinski definition) is 3. The molecule has 0 atom stereocenters. The van der Waals surface area contributed by atoms with E-state index in [-0.39, 0.29) is 5.91 Å². The van der Waals surface area contributed by atoms with Gasteiger partial charge in [0, 0.05) is 22.8 Å². The zero-order valence-electron chi connectivity index (χ0n) is 12.7. The molecule has 0 saturated heterocycles. The monoisotopic (exact) mass is 352 g/mol. The van der Waals surface area contributed by atoms with Gasteiger partial charge in [0.1, 0.15) is 5.75 Å². The number of nitrogens with one attached hydrogen (secondary N) is 1. The molecule has 0 aliphatic carbocycles. The zero-order valence-corrected chi connectivity index (χ0v) is 14.2. The Morgan fingerprint density at radius 2 is 2.04 bits per heavy atom. The maximum Gasteiger partial charge on any atom is 0.224 e. The van der Waals surface area contributed by atoms with E-state index >= 15 is 0 Å². The molecule has 2 rings (SSSR count). The minimum Gasteiger partial charge on any atom is -0.492 e. The Balaban J connectivity index is 1.78. The number of carbonyl (C=O) groups excluding carboxylic acids is 1. The van der Waals surface area contributed by atoms with Gasteiger partial charge in [-0.3, -0.25) is 4.79 Å². The average molecular weight is 353 g/mol. The summed E-state index contributed by atoms with van der Waals surface area (Å²) in [5.74, 6) is 0.479. The highest BCUT2D eigenvalue weighted by Crippen LogP contribution is 2.27. The molecule has 0 heterocycles. The first-order valence-electron chi connectivity index (χ1n) is 7.20. The number of rotatable bonds is 6. The first-order valence-corrected chi connectivity index (χ1v) is 7.96. The quantitative estimate of drug-likeness (QED) is 0.585. The van der Waals surface area contributed by atoms with Gasteiger partial charge in [0.2, 0.25) is 5.91 Å². The Kier molecular flexibility index (Phi) is 6.13. The van der Waals surface area contributed by atoms with E-state index < -0.39 is 0 Å². The van der Waals surface area contributed by atoms with Crippen molar-refractivity contribution in [1.29, 1.82) is 0 Å². The van der Waals surface area contributed by atoms with Gasteiger partial charge in [0.15, 0.2) is 0 Å². The predicted octanol–water partition coefficient (Wildman–Crippen LogP) is 4.68. The van der Waals surface area contributed by atoms with Crippen molar-refractivity contribution in [2.75, 3.05) is 17.7 Å². The normalized spacial score (nSPS) is 10.4. The molecular weight excluding hydrogens is 335 g/mol. The van der Waals surface area contributed by atoms with Gasteiger partial charge >= 0.3 is 0 Å². The van der Waals surface area contributed by atoms with Crippen LogP contribution < -0.4 is 15.8 Å². The van der Waals surface area contributed by atoms with E-state index in [1.165, 1.54) is 0 Å². The van der Waals surface area contributed by atoms with Gasteiger partial charge in [0.05, 0.1) is 11.6 Å². The summed E-state index contributed by atoms with van der Waals surface area (Å²) in [6.07, 6.45) is 0.922. The molecule has 3 N–H and O–H groups in total. The summed E-state index contributed by atoms with van der Waals surface area (Å²) in [4.78, 5) is 11.9. The molecule has 0 unspecified atom stereocenters. The van der Waals surface area contributed by atoms with E-state index in [2.05, 4.69) is 5.32 Å². The summed E-state index contributed by atoms with van der Waals surface area (Å²) >= 11 is 11.8. The van der Waals surface area contributed by atoms with Gasteiger partial charge in [-0.15, -0.1) is 0 Å². The number of hydrogen-bond donors (Lipinski definition) is 2. The minimum absolute atomic E-state index is 0.0792. The lowest BCUT2D eigenvalue weighted by Gasteiger charge is -2.11. The molecule has 1 amide bonds. The molecule has 6 heteroatoms. The maximum absolute atomic E-state index is 11.9. The summed E-state index contributed by atoms with van der Waals surface area (Å²) in [7, 11) is 0. The van der Waals surface area contributed by atoms with E-state index in [1.807, 2.05) is 19.1 Å². The van der Waals surface area contributed by atoms with Gasteiger partial charge in [-0.2, -0.15) is 0 Å². The van der Waals surface area contributed by atoms with Crippen molar-refractivity contribution < 1.29 is 9.53 Å². The van der Waals surface area contributed by atoms with Crippen LogP contribution >= 0.6 is 23.2 Å². The number of halogens is 2. The molecule has 0 saturated carbocycles. The molecule has 0 spiro atoms. The van der Waals surface area contributed by atoms with Crippen molar-refractivity contribution in [3.8, 4) is 5.75 Å². The highest BCUT2D eigenvalue weighted by Gasteiger charge is 2.07. The first-order chi connectivity index (χ1) is 11.0. The largest absolute Gasteiger partial charge is 0.492 e. The summed E-state index contributed by atoms with van der Waals surface area (Å²) in [5, 5.41) is 3.86. The van der Waals surface area contributed by atoms with Crippen LogP contribution in [-0.4, -0.2) is 12.5 Å². The molecule has 4 nitrogen and oxygen atoms in total. The van der Waals surface area contributed by atoms with Crippen molar-refractivity contribution in [3.63, 3.8) is 0 Å². The summed E-state index contributed by atoms with van der Waals surface area (Å²) in [6.45, 7) is 2.27. The van der Waals surface area contributed by atoms with Crippen LogP contribution in [0.2, 0.25) is 10.0 Å². The molecule has 0 bridgehead atoms. The number of nitrogen functional groups attached to an aromatic ring is 1. The Hall–Kier alpha value is -1.91. The third-order valence-electron chi connectivity index (χ3n) is 3.35. The van der Waals surface area contributed by atoms with E-state index in [9.17, 15) is 4.79 Å². The number of amides is 1. The van der Waals surface area contributed by atoms with Crippen molar-refractivity contribution in [2.45, 2.75) is 19.8 Å².